The van der Waals surface area contributed by atoms with Gasteiger partial charge in [0.2, 0.25) is 0 Å². The maximum atomic E-state index is 9.32. The van der Waals surface area contributed by atoms with E-state index in [1.807, 2.05) is 0 Å². The average Bonchev–Trinajstić information content (AvgIpc) is 2.32. The van der Waals surface area contributed by atoms with Gasteiger partial charge in [0.15, 0.2) is 0 Å². The minimum atomic E-state index is -0.152. The van der Waals surface area contributed by atoms with Gasteiger partial charge in [0.25, 0.3) is 5.17 Å². The van der Waals surface area contributed by atoms with Gasteiger partial charge < -0.3 is 14.7 Å². The topological polar surface area (TPSA) is 32.7 Å². The summed E-state index contributed by atoms with van der Waals surface area (Å²) in [5, 5.41) is 9.93. The van der Waals surface area contributed by atoms with Crippen LogP contribution in [0.2, 0.25) is 0 Å². The summed E-state index contributed by atoms with van der Waals surface area (Å²) >= 11 is 4.98. The molecule has 2 unspecified atom stereocenters. The molecule has 0 aromatic heterocycles. The number of rotatable bonds is 0. The summed E-state index contributed by atoms with van der Waals surface area (Å²) in [6, 6.07) is 0.339. The molecule has 11 heavy (non-hydrogen) atoms. The van der Waals surface area contributed by atoms with E-state index in [1.54, 1.807) is 0 Å². The van der Waals surface area contributed by atoms with Crippen LogP contribution in [0.5, 0.6) is 0 Å². The lowest BCUT2D eigenvalue weighted by Crippen LogP contribution is -2.42. The number of aliphatic hydroxyl groups excluding tert-OH is 1. The highest BCUT2D eigenvalue weighted by Crippen LogP contribution is 2.23. The first-order chi connectivity index (χ1) is 5.27. The van der Waals surface area contributed by atoms with Crippen molar-refractivity contribution in [3.8, 4) is 0 Å². The molecular formula is C7H11NO2S. The van der Waals surface area contributed by atoms with Gasteiger partial charge in [0.1, 0.15) is 6.61 Å². The van der Waals surface area contributed by atoms with Crippen molar-refractivity contribution in [1.29, 1.82) is 0 Å². The lowest BCUT2D eigenvalue weighted by atomic mass is 10.0. The van der Waals surface area contributed by atoms with Gasteiger partial charge in [-0.2, -0.15) is 0 Å². The molecule has 4 heteroatoms. The number of thiocarbonyl (C=S) groups is 1. The Morgan fingerprint density at radius 3 is 3.27 bits per heavy atom. The van der Waals surface area contributed by atoms with Crippen LogP contribution in [0.4, 0.5) is 0 Å². The van der Waals surface area contributed by atoms with Crippen LogP contribution < -0.4 is 0 Å². The van der Waals surface area contributed by atoms with Crippen molar-refractivity contribution in [2.45, 2.75) is 25.0 Å². The Morgan fingerprint density at radius 2 is 2.45 bits per heavy atom. The van der Waals surface area contributed by atoms with Crippen molar-refractivity contribution >= 4 is 17.4 Å². The van der Waals surface area contributed by atoms with Gasteiger partial charge in [-0.3, -0.25) is 0 Å². The van der Waals surface area contributed by atoms with Crippen LogP contribution in [0.3, 0.4) is 0 Å². The number of hydrogen-bond donors (Lipinski definition) is 1. The summed E-state index contributed by atoms with van der Waals surface area (Å²) < 4.78 is 5.19. The second-order valence-electron chi connectivity index (χ2n) is 3.10. The standard InChI is InChI=1S/C7H11NO2S/c9-6-1-2-8-5(3-6)4-10-7(8)11/h5-6,9H,1-4H2. The van der Waals surface area contributed by atoms with Crippen molar-refractivity contribution < 1.29 is 9.84 Å². The molecule has 0 aromatic rings. The van der Waals surface area contributed by atoms with Crippen LogP contribution in [-0.4, -0.2) is 40.5 Å². The normalized spacial score (nSPS) is 36.8. The van der Waals surface area contributed by atoms with E-state index < -0.39 is 0 Å². The molecule has 2 saturated heterocycles. The fraction of sp³-hybridized carbons (Fsp3) is 0.857. The second-order valence-corrected chi connectivity index (χ2v) is 3.45. The van der Waals surface area contributed by atoms with Gasteiger partial charge in [-0.15, -0.1) is 0 Å². The maximum Gasteiger partial charge on any atom is 0.259 e. The van der Waals surface area contributed by atoms with Crippen molar-refractivity contribution in [2.24, 2.45) is 0 Å². The van der Waals surface area contributed by atoms with E-state index in [2.05, 4.69) is 4.90 Å². The summed E-state index contributed by atoms with van der Waals surface area (Å²) in [6.07, 6.45) is 1.47. The summed E-state index contributed by atoms with van der Waals surface area (Å²) in [5.74, 6) is 0. The molecular weight excluding hydrogens is 162 g/mol. The Labute approximate surface area is 70.9 Å². The molecule has 0 aliphatic carbocycles. The van der Waals surface area contributed by atoms with E-state index in [9.17, 15) is 5.11 Å². The van der Waals surface area contributed by atoms with Crippen molar-refractivity contribution in [1.82, 2.24) is 4.90 Å². The second kappa shape index (κ2) is 2.60. The third kappa shape index (κ3) is 1.20. The monoisotopic (exact) mass is 173 g/mol. The minimum absolute atomic E-state index is 0.152. The van der Waals surface area contributed by atoms with Crippen LogP contribution in [0.1, 0.15) is 12.8 Å². The molecule has 62 valence electrons. The van der Waals surface area contributed by atoms with Gasteiger partial charge in [0, 0.05) is 6.54 Å². The van der Waals surface area contributed by atoms with Gasteiger partial charge in [-0.05, 0) is 25.1 Å². The van der Waals surface area contributed by atoms with Gasteiger partial charge >= 0.3 is 0 Å². The Hall–Kier alpha value is -0.350. The SMILES string of the molecule is OC1CCN2C(=S)OCC2C1. The van der Waals surface area contributed by atoms with Crippen LogP contribution in [0.25, 0.3) is 0 Å². The van der Waals surface area contributed by atoms with Gasteiger partial charge in [-0.25, -0.2) is 0 Å². The first-order valence-electron chi connectivity index (χ1n) is 3.89. The predicted molar refractivity (Wildman–Crippen MR) is 44.3 cm³/mol. The Morgan fingerprint density at radius 1 is 1.64 bits per heavy atom. The van der Waals surface area contributed by atoms with E-state index in [0.717, 1.165) is 19.4 Å². The summed E-state index contributed by atoms with van der Waals surface area (Å²) in [5.41, 5.74) is 0. The van der Waals surface area contributed by atoms with Crippen molar-refractivity contribution in [2.75, 3.05) is 13.2 Å². The van der Waals surface area contributed by atoms with Gasteiger partial charge in [-0.1, -0.05) is 0 Å². The van der Waals surface area contributed by atoms with Crippen LogP contribution >= 0.6 is 12.2 Å². The van der Waals surface area contributed by atoms with Crippen LogP contribution in [-0.2, 0) is 4.74 Å². The Balaban J connectivity index is 2.06. The number of ether oxygens (including phenoxy) is 1. The third-order valence-corrected chi connectivity index (χ3v) is 2.67. The molecule has 0 aromatic carbocycles. The van der Waals surface area contributed by atoms with E-state index >= 15 is 0 Å². The number of piperidine rings is 1. The fourth-order valence-electron chi connectivity index (χ4n) is 1.68. The zero-order valence-electron chi connectivity index (χ0n) is 6.19. The predicted octanol–water partition coefficient (Wildman–Crippen LogP) is 0.127. The highest BCUT2D eigenvalue weighted by molar-refractivity contribution is 7.80. The Kier molecular flexibility index (Phi) is 1.73. The summed E-state index contributed by atoms with van der Waals surface area (Å²) in [6.45, 7) is 1.51. The van der Waals surface area contributed by atoms with Crippen LogP contribution in [0, 0.1) is 0 Å². The van der Waals surface area contributed by atoms with Crippen molar-refractivity contribution in [3.63, 3.8) is 0 Å². The smallest absolute Gasteiger partial charge is 0.259 e. The molecule has 2 heterocycles. The molecule has 2 rings (SSSR count). The quantitative estimate of drug-likeness (QED) is 0.528. The molecule has 0 amide bonds. The lowest BCUT2D eigenvalue weighted by Gasteiger charge is -2.30. The largest absolute Gasteiger partial charge is 0.469 e. The van der Waals surface area contributed by atoms with Gasteiger partial charge in [0.05, 0.1) is 12.1 Å². The molecule has 0 radical (unpaired) electrons. The number of nitrogens with zero attached hydrogens (tertiary/aromatic N) is 1. The number of aliphatic hydroxyl groups is 1. The first kappa shape index (κ1) is 7.31. The molecule has 2 fully saturated rings. The molecule has 0 spiro atoms. The summed E-state index contributed by atoms with van der Waals surface area (Å²) in [4.78, 5) is 2.07. The fourth-order valence-corrected chi connectivity index (χ4v) is 1.99. The summed E-state index contributed by atoms with van der Waals surface area (Å²) in [7, 11) is 0. The lowest BCUT2D eigenvalue weighted by molar-refractivity contribution is 0.0836. The molecule has 1 N–H and O–H groups in total. The van der Waals surface area contributed by atoms with Crippen molar-refractivity contribution in [3.05, 3.63) is 0 Å². The van der Waals surface area contributed by atoms with E-state index in [1.165, 1.54) is 0 Å². The molecule has 0 bridgehead atoms. The highest BCUT2D eigenvalue weighted by atomic mass is 32.1. The first-order valence-corrected chi connectivity index (χ1v) is 4.29. The zero-order valence-corrected chi connectivity index (χ0v) is 7.01. The highest BCUT2D eigenvalue weighted by Gasteiger charge is 2.34. The van der Waals surface area contributed by atoms with E-state index in [-0.39, 0.29) is 6.10 Å². The molecule has 0 saturated carbocycles. The van der Waals surface area contributed by atoms with E-state index in [0.29, 0.717) is 17.8 Å². The average molecular weight is 173 g/mol. The molecule has 3 nitrogen and oxygen atoms in total. The number of fused-ring (bicyclic) bond motifs is 1. The molecule has 2 aliphatic heterocycles. The number of hydrogen-bond acceptors (Lipinski definition) is 3. The van der Waals surface area contributed by atoms with Crippen LogP contribution in [0.15, 0.2) is 0 Å². The third-order valence-electron chi connectivity index (χ3n) is 2.32. The minimum Gasteiger partial charge on any atom is -0.469 e. The van der Waals surface area contributed by atoms with E-state index in [4.69, 9.17) is 17.0 Å². The maximum absolute atomic E-state index is 9.32. The molecule has 2 aliphatic rings. The Bertz CT molecular complexity index is 185. The zero-order chi connectivity index (χ0) is 7.84. The molecule has 2 atom stereocenters.